The fraction of sp³-hybridized carbons (Fsp3) is 0.500. The summed E-state index contributed by atoms with van der Waals surface area (Å²) < 4.78 is 1.34. The number of rotatable bonds is 3. The molecule has 0 radical (unpaired) electrons. The minimum atomic E-state index is -0.719. The number of carboxylic acid groups (broad SMARTS) is 1. The third kappa shape index (κ3) is 1.96. The van der Waals surface area contributed by atoms with E-state index in [1.807, 2.05) is 0 Å². The molecule has 3 rings (SSSR count). The smallest absolute Gasteiger partial charge is 0.306 e. The number of aromatic nitrogens is 5. The number of aliphatic carboxylic acids is 1. The van der Waals surface area contributed by atoms with Crippen molar-refractivity contribution in [1.82, 2.24) is 25.3 Å². The van der Waals surface area contributed by atoms with Gasteiger partial charge in [-0.05, 0) is 41.8 Å². The highest BCUT2D eigenvalue weighted by Crippen LogP contribution is 2.27. The van der Waals surface area contributed by atoms with Gasteiger partial charge in [0.2, 0.25) is 0 Å². The second-order valence-electron chi connectivity index (χ2n) is 4.43. The SMILES string of the molecule is O=C(O)C1CCC(Nc2ccc3nnnn3n2)C1. The highest BCUT2D eigenvalue weighted by molar-refractivity contribution is 5.70. The monoisotopic (exact) mass is 248 g/mol. The number of nitrogens with one attached hydrogen (secondary N) is 1. The maximum Gasteiger partial charge on any atom is 0.306 e. The van der Waals surface area contributed by atoms with Gasteiger partial charge < -0.3 is 10.4 Å². The Morgan fingerprint density at radius 3 is 3.11 bits per heavy atom. The summed E-state index contributed by atoms with van der Waals surface area (Å²) in [5.41, 5.74) is 0.579. The van der Waals surface area contributed by atoms with Gasteiger partial charge in [0.05, 0.1) is 5.92 Å². The van der Waals surface area contributed by atoms with E-state index in [0.29, 0.717) is 24.3 Å². The van der Waals surface area contributed by atoms with Crippen molar-refractivity contribution in [1.29, 1.82) is 0 Å². The Bertz CT molecular complexity index is 583. The molecule has 0 amide bonds. The lowest BCUT2D eigenvalue weighted by molar-refractivity contribution is -0.141. The summed E-state index contributed by atoms with van der Waals surface area (Å²) in [5, 5.41) is 27.3. The number of anilines is 1. The molecule has 2 unspecified atom stereocenters. The Labute approximate surface area is 102 Å². The van der Waals surface area contributed by atoms with Gasteiger partial charge in [0, 0.05) is 6.04 Å². The van der Waals surface area contributed by atoms with Crippen molar-refractivity contribution in [3.8, 4) is 0 Å². The van der Waals surface area contributed by atoms with Crippen molar-refractivity contribution < 1.29 is 9.90 Å². The third-order valence-corrected chi connectivity index (χ3v) is 3.20. The summed E-state index contributed by atoms with van der Waals surface area (Å²) in [7, 11) is 0. The van der Waals surface area contributed by atoms with Gasteiger partial charge in [-0.2, -0.15) is 0 Å². The maximum absolute atomic E-state index is 10.9. The normalized spacial score (nSPS) is 23.3. The van der Waals surface area contributed by atoms with Crippen LogP contribution in [0.25, 0.3) is 5.65 Å². The van der Waals surface area contributed by atoms with E-state index in [9.17, 15) is 4.79 Å². The zero-order valence-corrected chi connectivity index (χ0v) is 9.52. The van der Waals surface area contributed by atoms with Crippen molar-refractivity contribution in [3.63, 3.8) is 0 Å². The third-order valence-electron chi connectivity index (χ3n) is 3.20. The van der Waals surface area contributed by atoms with Crippen molar-refractivity contribution in [2.45, 2.75) is 25.3 Å². The lowest BCUT2D eigenvalue weighted by Gasteiger charge is -2.12. The Kier molecular flexibility index (Phi) is 2.54. The summed E-state index contributed by atoms with van der Waals surface area (Å²) in [6, 6.07) is 3.70. The lowest BCUT2D eigenvalue weighted by Crippen LogP contribution is -2.19. The van der Waals surface area contributed by atoms with E-state index >= 15 is 0 Å². The first-order valence-electron chi connectivity index (χ1n) is 5.77. The van der Waals surface area contributed by atoms with Gasteiger partial charge in [-0.15, -0.1) is 14.8 Å². The van der Waals surface area contributed by atoms with E-state index in [1.54, 1.807) is 12.1 Å². The average Bonchev–Trinajstić information content (AvgIpc) is 2.96. The van der Waals surface area contributed by atoms with Crippen LogP contribution in [-0.4, -0.2) is 42.4 Å². The van der Waals surface area contributed by atoms with E-state index in [2.05, 4.69) is 25.9 Å². The zero-order chi connectivity index (χ0) is 12.5. The van der Waals surface area contributed by atoms with Gasteiger partial charge in [-0.1, -0.05) is 0 Å². The van der Waals surface area contributed by atoms with Crippen LogP contribution >= 0.6 is 0 Å². The maximum atomic E-state index is 10.9. The molecule has 1 saturated carbocycles. The van der Waals surface area contributed by atoms with Crippen LogP contribution in [0.15, 0.2) is 12.1 Å². The molecule has 8 heteroatoms. The van der Waals surface area contributed by atoms with Gasteiger partial charge in [0.1, 0.15) is 5.82 Å². The number of hydrogen-bond acceptors (Lipinski definition) is 6. The molecule has 1 fully saturated rings. The van der Waals surface area contributed by atoms with Crippen molar-refractivity contribution in [2.24, 2.45) is 5.92 Å². The fourth-order valence-corrected chi connectivity index (χ4v) is 2.27. The summed E-state index contributed by atoms with van der Waals surface area (Å²) in [6.45, 7) is 0. The van der Waals surface area contributed by atoms with Crippen LogP contribution in [0.3, 0.4) is 0 Å². The number of tetrazole rings is 1. The van der Waals surface area contributed by atoms with Gasteiger partial charge in [0.25, 0.3) is 0 Å². The molecule has 1 aliphatic carbocycles. The second-order valence-corrected chi connectivity index (χ2v) is 4.43. The molecule has 1 aliphatic rings. The molecule has 2 atom stereocenters. The molecule has 0 bridgehead atoms. The van der Waals surface area contributed by atoms with Gasteiger partial charge in [-0.25, -0.2) is 0 Å². The van der Waals surface area contributed by atoms with Crippen molar-refractivity contribution in [2.75, 3.05) is 5.32 Å². The minimum absolute atomic E-state index is 0.146. The van der Waals surface area contributed by atoms with E-state index < -0.39 is 5.97 Å². The summed E-state index contributed by atoms with van der Waals surface area (Å²) in [5.74, 6) is -0.312. The Balaban J connectivity index is 1.71. The predicted octanol–water partition coefficient (Wildman–Crippen LogP) is 0.184. The fourth-order valence-electron chi connectivity index (χ4n) is 2.27. The molecule has 94 valence electrons. The number of nitrogens with zero attached hydrogens (tertiary/aromatic N) is 5. The molecular formula is C10H12N6O2. The second kappa shape index (κ2) is 4.21. The van der Waals surface area contributed by atoms with Crippen LogP contribution in [0.5, 0.6) is 0 Å². The molecular weight excluding hydrogens is 236 g/mol. The number of carbonyl (C=O) groups is 1. The standard InChI is InChI=1S/C10H12N6O2/c17-10(18)6-1-2-7(5-6)11-8-3-4-9-12-14-15-16(9)13-8/h3-4,6-7H,1-2,5H2,(H,11,13)(H,17,18). The number of carboxylic acids is 1. The summed E-state index contributed by atoms with van der Waals surface area (Å²) in [4.78, 5) is 10.9. The van der Waals surface area contributed by atoms with Crippen LogP contribution in [0.1, 0.15) is 19.3 Å². The van der Waals surface area contributed by atoms with Gasteiger partial charge in [0.15, 0.2) is 5.65 Å². The van der Waals surface area contributed by atoms with E-state index in [-0.39, 0.29) is 12.0 Å². The Hall–Kier alpha value is -2.25. The minimum Gasteiger partial charge on any atom is -0.481 e. The van der Waals surface area contributed by atoms with E-state index in [1.165, 1.54) is 4.63 Å². The number of fused-ring (bicyclic) bond motifs is 1. The van der Waals surface area contributed by atoms with Gasteiger partial charge in [-0.3, -0.25) is 4.79 Å². The first-order chi connectivity index (χ1) is 8.72. The molecule has 2 N–H and O–H groups in total. The molecule has 0 saturated heterocycles. The van der Waals surface area contributed by atoms with Crippen LogP contribution in [0, 0.1) is 5.92 Å². The Morgan fingerprint density at radius 1 is 1.44 bits per heavy atom. The molecule has 2 heterocycles. The van der Waals surface area contributed by atoms with Crippen LogP contribution in [0.4, 0.5) is 5.82 Å². The average molecular weight is 248 g/mol. The molecule has 2 aromatic rings. The first-order valence-corrected chi connectivity index (χ1v) is 5.77. The van der Waals surface area contributed by atoms with Crippen LogP contribution < -0.4 is 5.32 Å². The van der Waals surface area contributed by atoms with Crippen molar-refractivity contribution in [3.05, 3.63) is 12.1 Å². The summed E-state index contributed by atoms with van der Waals surface area (Å²) in [6.07, 6.45) is 2.18. The lowest BCUT2D eigenvalue weighted by atomic mass is 10.1. The molecule has 8 nitrogen and oxygen atoms in total. The quantitative estimate of drug-likeness (QED) is 0.798. The van der Waals surface area contributed by atoms with E-state index in [4.69, 9.17) is 5.11 Å². The molecule has 0 aliphatic heterocycles. The molecule has 2 aromatic heterocycles. The van der Waals surface area contributed by atoms with E-state index in [0.717, 1.165) is 6.42 Å². The van der Waals surface area contributed by atoms with Crippen LogP contribution in [0.2, 0.25) is 0 Å². The molecule has 0 aromatic carbocycles. The molecule has 18 heavy (non-hydrogen) atoms. The summed E-state index contributed by atoms with van der Waals surface area (Å²) >= 11 is 0. The highest BCUT2D eigenvalue weighted by Gasteiger charge is 2.29. The van der Waals surface area contributed by atoms with Crippen LogP contribution in [-0.2, 0) is 4.79 Å². The largest absolute Gasteiger partial charge is 0.481 e. The zero-order valence-electron chi connectivity index (χ0n) is 9.52. The first kappa shape index (κ1) is 10.9. The Morgan fingerprint density at radius 2 is 2.33 bits per heavy atom. The predicted molar refractivity (Wildman–Crippen MR) is 61.0 cm³/mol. The highest BCUT2D eigenvalue weighted by atomic mass is 16.4. The van der Waals surface area contributed by atoms with Gasteiger partial charge >= 0.3 is 5.97 Å². The molecule has 0 spiro atoms. The topological polar surface area (TPSA) is 105 Å². The number of hydrogen-bond donors (Lipinski definition) is 2. The van der Waals surface area contributed by atoms with Crippen molar-refractivity contribution >= 4 is 17.4 Å².